The molecule has 0 atom stereocenters. The topological polar surface area (TPSA) is 59.5 Å². The highest BCUT2D eigenvalue weighted by Gasteiger charge is 2.08. The summed E-state index contributed by atoms with van der Waals surface area (Å²) < 4.78 is 7.01. The van der Waals surface area contributed by atoms with Crippen molar-refractivity contribution in [3.63, 3.8) is 0 Å². The van der Waals surface area contributed by atoms with Gasteiger partial charge in [-0.2, -0.15) is 0 Å². The van der Waals surface area contributed by atoms with E-state index in [1.165, 1.54) is 11.8 Å². The highest BCUT2D eigenvalue weighted by atomic mass is 16.3. The monoisotopic (exact) mass is 269 g/mol. The Bertz CT molecular complexity index is 729. The molecule has 3 aromatic heterocycles. The molecular formula is C15H15N3O2. The zero-order chi connectivity index (χ0) is 13.9. The van der Waals surface area contributed by atoms with E-state index >= 15 is 0 Å². The number of imidazole rings is 1. The molecule has 0 saturated carbocycles. The van der Waals surface area contributed by atoms with Gasteiger partial charge in [0.15, 0.2) is 5.76 Å². The molecule has 5 heteroatoms. The molecule has 0 aliphatic rings. The first kappa shape index (κ1) is 12.5. The molecule has 5 nitrogen and oxygen atoms in total. The molecule has 0 unspecified atom stereocenters. The number of hydrogen-bond acceptors (Lipinski definition) is 3. The van der Waals surface area contributed by atoms with E-state index < -0.39 is 0 Å². The maximum absolute atomic E-state index is 11.7. The van der Waals surface area contributed by atoms with Crippen LogP contribution >= 0.6 is 0 Å². The van der Waals surface area contributed by atoms with Gasteiger partial charge in [-0.15, -0.1) is 0 Å². The van der Waals surface area contributed by atoms with E-state index in [1.807, 2.05) is 35.9 Å². The molecule has 3 aromatic rings. The summed E-state index contributed by atoms with van der Waals surface area (Å²) >= 11 is 0. The minimum absolute atomic E-state index is 0.199. The van der Waals surface area contributed by atoms with E-state index in [2.05, 4.69) is 10.3 Å². The highest BCUT2D eigenvalue weighted by molar-refractivity contribution is 5.91. The molecule has 0 saturated heterocycles. The van der Waals surface area contributed by atoms with Gasteiger partial charge in [-0.3, -0.25) is 4.79 Å². The van der Waals surface area contributed by atoms with Crippen molar-refractivity contribution in [1.29, 1.82) is 0 Å². The normalized spacial score (nSPS) is 10.8. The smallest absolute Gasteiger partial charge is 0.286 e. The van der Waals surface area contributed by atoms with E-state index in [-0.39, 0.29) is 5.91 Å². The number of hydrogen-bond donors (Lipinski definition) is 1. The third-order valence-electron chi connectivity index (χ3n) is 3.08. The Morgan fingerprint density at radius 2 is 2.35 bits per heavy atom. The minimum Gasteiger partial charge on any atom is -0.459 e. The minimum atomic E-state index is -0.199. The van der Waals surface area contributed by atoms with Gasteiger partial charge in [0.1, 0.15) is 5.65 Å². The summed E-state index contributed by atoms with van der Waals surface area (Å²) in [5, 5.41) is 2.81. The fourth-order valence-electron chi connectivity index (χ4n) is 2.06. The van der Waals surface area contributed by atoms with Crippen LogP contribution in [0, 0.1) is 6.92 Å². The number of aromatic nitrogens is 2. The average Bonchev–Trinajstić information content (AvgIpc) is 3.06. The number of nitrogens with zero attached hydrogens (tertiary/aromatic N) is 2. The van der Waals surface area contributed by atoms with Crippen molar-refractivity contribution in [1.82, 2.24) is 14.7 Å². The molecule has 1 N–H and O–H groups in total. The first-order valence-electron chi connectivity index (χ1n) is 6.48. The number of carbonyl (C=O) groups is 1. The Balaban J connectivity index is 1.61. The van der Waals surface area contributed by atoms with Gasteiger partial charge in [0.05, 0.1) is 12.0 Å². The second-order valence-electron chi connectivity index (χ2n) is 4.69. The van der Waals surface area contributed by atoms with Gasteiger partial charge in [-0.1, -0.05) is 0 Å². The van der Waals surface area contributed by atoms with Crippen molar-refractivity contribution < 1.29 is 9.21 Å². The molecule has 0 bridgehead atoms. The van der Waals surface area contributed by atoms with Gasteiger partial charge in [-0.25, -0.2) is 4.98 Å². The number of amides is 1. The van der Waals surface area contributed by atoms with Crippen LogP contribution in [0.25, 0.3) is 5.65 Å². The van der Waals surface area contributed by atoms with Crippen LogP contribution in [0.15, 0.2) is 47.3 Å². The third-order valence-corrected chi connectivity index (χ3v) is 3.08. The van der Waals surface area contributed by atoms with Crippen LogP contribution < -0.4 is 5.32 Å². The standard InChI is InChI=1S/C15H15N3O2/c1-11-5-7-18-10-12(17-14(18)9-11)4-6-16-15(19)13-3-2-8-20-13/h2-3,5,7-10H,4,6H2,1H3,(H,16,19). The number of nitrogens with one attached hydrogen (secondary N) is 1. The van der Waals surface area contributed by atoms with E-state index in [9.17, 15) is 4.79 Å². The van der Waals surface area contributed by atoms with Crippen molar-refractivity contribution in [2.75, 3.05) is 6.54 Å². The maximum Gasteiger partial charge on any atom is 0.286 e. The number of aryl methyl sites for hydroxylation is 1. The van der Waals surface area contributed by atoms with Crippen LogP contribution in [-0.2, 0) is 6.42 Å². The van der Waals surface area contributed by atoms with Crippen LogP contribution in [0.3, 0.4) is 0 Å². The Morgan fingerprint density at radius 3 is 3.15 bits per heavy atom. The van der Waals surface area contributed by atoms with Crippen LogP contribution in [0.4, 0.5) is 0 Å². The summed E-state index contributed by atoms with van der Waals surface area (Å²) in [5.74, 6) is 0.130. The number of furan rings is 1. The molecule has 0 aliphatic carbocycles. The number of pyridine rings is 1. The summed E-state index contributed by atoms with van der Waals surface area (Å²) in [6, 6.07) is 7.41. The fourth-order valence-corrected chi connectivity index (χ4v) is 2.06. The quantitative estimate of drug-likeness (QED) is 0.790. The van der Waals surface area contributed by atoms with Gasteiger partial charge in [0, 0.05) is 25.4 Å². The predicted molar refractivity (Wildman–Crippen MR) is 74.7 cm³/mol. The summed E-state index contributed by atoms with van der Waals surface area (Å²) in [5.41, 5.74) is 3.06. The summed E-state index contributed by atoms with van der Waals surface area (Å²) in [6.07, 6.45) is 6.14. The summed E-state index contributed by atoms with van der Waals surface area (Å²) in [6.45, 7) is 2.57. The first-order chi connectivity index (χ1) is 9.72. The zero-order valence-corrected chi connectivity index (χ0v) is 11.2. The van der Waals surface area contributed by atoms with Crippen LogP contribution in [-0.4, -0.2) is 21.8 Å². The Kier molecular flexibility index (Phi) is 3.25. The van der Waals surface area contributed by atoms with Crippen LogP contribution in [0.2, 0.25) is 0 Å². The fraction of sp³-hybridized carbons (Fsp3) is 0.200. The summed E-state index contributed by atoms with van der Waals surface area (Å²) in [4.78, 5) is 16.2. The predicted octanol–water partition coefficient (Wildman–Crippen LogP) is 2.21. The van der Waals surface area contributed by atoms with Crippen molar-refractivity contribution in [2.45, 2.75) is 13.3 Å². The molecule has 0 spiro atoms. The lowest BCUT2D eigenvalue weighted by atomic mass is 10.3. The van der Waals surface area contributed by atoms with E-state index in [4.69, 9.17) is 4.42 Å². The Morgan fingerprint density at radius 1 is 1.45 bits per heavy atom. The summed E-state index contributed by atoms with van der Waals surface area (Å²) in [7, 11) is 0. The highest BCUT2D eigenvalue weighted by Crippen LogP contribution is 2.08. The molecule has 0 aromatic carbocycles. The van der Waals surface area contributed by atoms with Gasteiger partial charge in [0.25, 0.3) is 5.91 Å². The molecule has 1 amide bonds. The lowest BCUT2D eigenvalue weighted by Gasteiger charge is -2.00. The number of carbonyl (C=O) groups excluding carboxylic acids is 1. The molecule has 3 heterocycles. The third kappa shape index (κ3) is 2.56. The lowest BCUT2D eigenvalue weighted by molar-refractivity contribution is 0.0926. The van der Waals surface area contributed by atoms with Crippen molar-refractivity contribution in [3.05, 3.63) is 59.9 Å². The molecule has 20 heavy (non-hydrogen) atoms. The van der Waals surface area contributed by atoms with Crippen molar-refractivity contribution in [3.8, 4) is 0 Å². The SMILES string of the molecule is Cc1ccn2cc(CCNC(=O)c3ccco3)nc2c1. The lowest BCUT2D eigenvalue weighted by Crippen LogP contribution is -2.25. The van der Waals surface area contributed by atoms with E-state index in [0.29, 0.717) is 18.7 Å². The second-order valence-corrected chi connectivity index (χ2v) is 4.69. The Hall–Kier alpha value is -2.56. The average molecular weight is 269 g/mol. The largest absolute Gasteiger partial charge is 0.459 e. The molecule has 3 rings (SSSR count). The van der Waals surface area contributed by atoms with Gasteiger partial charge in [-0.05, 0) is 36.8 Å². The number of fused-ring (bicyclic) bond motifs is 1. The van der Waals surface area contributed by atoms with Gasteiger partial charge >= 0.3 is 0 Å². The van der Waals surface area contributed by atoms with Crippen LogP contribution in [0.1, 0.15) is 21.8 Å². The van der Waals surface area contributed by atoms with Crippen LogP contribution in [0.5, 0.6) is 0 Å². The molecular weight excluding hydrogens is 254 g/mol. The zero-order valence-electron chi connectivity index (χ0n) is 11.2. The molecule has 0 fully saturated rings. The van der Waals surface area contributed by atoms with Crippen molar-refractivity contribution in [2.24, 2.45) is 0 Å². The van der Waals surface area contributed by atoms with Crippen molar-refractivity contribution >= 4 is 11.6 Å². The molecule has 102 valence electrons. The van der Waals surface area contributed by atoms with Gasteiger partial charge in [0.2, 0.25) is 0 Å². The Labute approximate surface area is 116 Å². The van der Waals surface area contributed by atoms with Gasteiger partial charge < -0.3 is 14.1 Å². The molecule has 0 radical (unpaired) electrons. The maximum atomic E-state index is 11.7. The first-order valence-corrected chi connectivity index (χ1v) is 6.48. The van der Waals surface area contributed by atoms with E-state index in [0.717, 1.165) is 11.3 Å². The molecule has 0 aliphatic heterocycles. The number of rotatable bonds is 4. The van der Waals surface area contributed by atoms with E-state index in [1.54, 1.807) is 12.1 Å². The second kappa shape index (κ2) is 5.21.